The number of carbonyl (C=O) groups excluding carboxylic acids is 1. The number of nitrogens with zero attached hydrogens (tertiary/aromatic N) is 1. The predicted molar refractivity (Wildman–Crippen MR) is 122 cm³/mol. The summed E-state index contributed by atoms with van der Waals surface area (Å²) < 4.78 is 0. The van der Waals surface area contributed by atoms with Gasteiger partial charge in [-0.05, 0) is 48.9 Å². The van der Waals surface area contributed by atoms with Crippen molar-refractivity contribution < 1.29 is 4.79 Å². The first-order chi connectivity index (χ1) is 14.8. The van der Waals surface area contributed by atoms with E-state index >= 15 is 0 Å². The molecule has 2 heteroatoms. The van der Waals surface area contributed by atoms with Crippen LogP contribution in [-0.2, 0) is 11.2 Å². The molecule has 6 rings (SSSR count). The molecular formula is C28H29NO. The lowest BCUT2D eigenvalue weighted by Crippen LogP contribution is -2.62. The molecule has 3 saturated heterocycles. The molecule has 3 aliphatic heterocycles. The van der Waals surface area contributed by atoms with Gasteiger partial charge in [-0.25, -0.2) is 0 Å². The fourth-order valence-electron chi connectivity index (χ4n) is 5.59. The van der Waals surface area contributed by atoms with Gasteiger partial charge in [-0.2, -0.15) is 0 Å². The maximum atomic E-state index is 13.6. The first-order valence-corrected chi connectivity index (χ1v) is 11.2. The quantitative estimate of drug-likeness (QED) is 0.551. The van der Waals surface area contributed by atoms with Gasteiger partial charge in [0.15, 0.2) is 5.78 Å². The Hall–Kier alpha value is -2.71. The molecular weight excluding hydrogens is 366 g/mol. The van der Waals surface area contributed by atoms with Crippen LogP contribution in [0.15, 0.2) is 91.0 Å². The van der Waals surface area contributed by atoms with Gasteiger partial charge in [0.1, 0.15) is 0 Å². The van der Waals surface area contributed by atoms with Crippen LogP contribution in [0.2, 0.25) is 0 Å². The number of aryl methyl sites for hydroxylation is 1. The number of benzene rings is 3. The molecule has 0 aromatic heterocycles. The Morgan fingerprint density at radius 1 is 0.800 bits per heavy atom. The lowest BCUT2D eigenvalue weighted by molar-refractivity contribution is -0.142. The van der Waals surface area contributed by atoms with Crippen LogP contribution >= 0.6 is 0 Å². The minimum atomic E-state index is -0.0527. The minimum Gasteiger partial charge on any atom is -0.298 e. The fourth-order valence-corrected chi connectivity index (χ4v) is 5.59. The summed E-state index contributed by atoms with van der Waals surface area (Å²) in [5.74, 6) is 0.771. The van der Waals surface area contributed by atoms with Crippen LogP contribution in [0.25, 0.3) is 0 Å². The van der Waals surface area contributed by atoms with Crippen molar-refractivity contribution in [2.45, 2.75) is 43.7 Å². The summed E-state index contributed by atoms with van der Waals surface area (Å²) in [5, 5.41) is 0. The first-order valence-electron chi connectivity index (χ1n) is 11.2. The molecule has 2 nitrogen and oxygen atoms in total. The van der Waals surface area contributed by atoms with E-state index in [-0.39, 0.29) is 17.9 Å². The summed E-state index contributed by atoms with van der Waals surface area (Å²) in [6, 6.07) is 32.4. The second kappa shape index (κ2) is 8.57. The summed E-state index contributed by atoms with van der Waals surface area (Å²) in [7, 11) is 0. The maximum Gasteiger partial charge on any atom is 0.154 e. The number of hydrogen-bond acceptors (Lipinski definition) is 2. The van der Waals surface area contributed by atoms with Crippen molar-refractivity contribution in [2.24, 2.45) is 5.92 Å². The summed E-state index contributed by atoms with van der Waals surface area (Å²) in [6.45, 7) is 1.04. The molecule has 4 atom stereocenters. The zero-order valence-electron chi connectivity index (χ0n) is 17.4. The smallest absolute Gasteiger partial charge is 0.154 e. The number of ketones is 1. The molecule has 0 saturated carbocycles. The molecule has 3 unspecified atom stereocenters. The number of Topliss-reactive ketones (excluding diaryl/α,β-unsaturated/α-hetero) is 1. The lowest BCUT2D eigenvalue weighted by Gasteiger charge is -2.52. The highest BCUT2D eigenvalue weighted by Crippen LogP contribution is 2.43. The van der Waals surface area contributed by atoms with Gasteiger partial charge in [-0.3, -0.25) is 9.69 Å². The topological polar surface area (TPSA) is 20.3 Å². The Morgan fingerprint density at radius 2 is 1.37 bits per heavy atom. The minimum absolute atomic E-state index is 0.0527. The largest absolute Gasteiger partial charge is 0.298 e. The van der Waals surface area contributed by atoms with Crippen molar-refractivity contribution in [1.29, 1.82) is 0 Å². The van der Waals surface area contributed by atoms with Crippen LogP contribution in [0.3, 0.4) is 0 Å². The molecule has 3 aromatic carbocycles. The van der Waals surface area contributed by atoms with Crippen molar-refractivity contribution in [3.05, 3.63) is 108 Å². The molecule has 2 bridgehead atoms. The Morgan fingerprint density at radius 3 is 1.97 bits per heavy atom. The zero-order chi connectivity index (χ0) is 20.3. The molecule has 0 aliphatic carbocycles. The monoisotopic (exact) mass is 395 g/mol. The average molecular weight is 396 g/mol. The highest BCUT2D eigenvalue weighted by atomic mass is 16.1. The Labute approximate surface area is 179 Å². The fraction of sp³-hybridized carbons (Fsp3) is 0.321. The number of carbonyl (C=O) groups is 1. The van der Waals surface area contributed by atoms with E-state index in [4.69, 9.17) is 0 Å². The Bertz CT molecular complexity index is 930. The number of rotatable bonds is 6. The van der Waals surface area contributed by atoms with Gasteiger partial charge in [-0.15, -0.1) is 0 Å². The number of fused-ring (bicyclic) bond motifs is 3. The first kappa shape index (κ1) is 19.3. The molecule has 0 N–H and O–H groups in total. The third kappa shape index (κ3) is 3.73. The summed E-state index contributed by atoms with van der Waals surface area (Å²) in [5.41, 5.74) is 3.89. The van der Waals surface area contributed by atoms with E-state index in [2.05, 4.69) is 95.9 Å². The lowest BCUT2D eigenvalue weighted by atomic mass is 9.70. The highest BCUT2D eigenvalue weighted by Gasteiger charge is 2.49. The summed E-state index contributed by atoms with van der Waals surface area (Å²) in [6.07, 6.45) is 4.25. The second-order valence-corrected chi connectivity index (χ2v) is 8.78. The van der Waals surface area contributed by atoms with Crippen LogP contribution in [-0.4, -0.2) is 29.3 Å². The van der Waals surface area contributed by atoms with Gasteiger partial charge >= 0.3 is 0 Å². The van der Waals surface area contributed by atoms with Crippen molar-refractivity contribution in [3.63, 3.8) is 0 Å². The number of hydrogen-bond donors (Lipinski definition) is 0. The third-order valence-corrected chi connectivity index (χ3v) is 7.05. The van der Waals surface area contributed by atoms with Gasteiger partial charge < -0.3 is 0 Å². The summed E-state index contributed by atoms with van der Waals surface area (Å²) in [4.78, 5) is 16.1. The van der Waals surface area contributed by atoms with Crippen molar-refractivity contribution >= 4 is 5.78 Å². The van der Waals surface area contributed by atoms with Crippen LogP contribution in [0, 0.1) is 5.92 Å². The highest BCUT2D eigenvalue weighted by molar-refractivity contribution is 5.89. The maximum absolute atomic E-state index is 13.6. The SMILES string of the molecule is O=C1C2CCN(C1C(c1ccccc1)c1ccccc1)[C@H](CCc1ccccc1)C2. The molecule has 3 heterocycles. The second-order valence-electron chi connectivity index (χ2n) is 8.78. The van der Waals surface area contributed by atoms with Crippen molar-refractivity contribution in [1.82, 2.24) is 4.90 Å². The molecule has 152 valence electrons. The number of piperidine rings is 3. The van der Waals surface area contributed by atoms with Crippen molar-refractivity contribution in [3.8, 4) is 0 Å². The molecule has 0 spiro atoms. The van der Waals surface area contributed by atoms with Crippen LogP contribution in [0.4, 0.5) is 0 Å². The van der Waals surface area contributed by atoms with Gasteiger partial charge in [-0.1, -0.05) is 91.0 Å². The van der Waals surface area contributed by atoms with E-state index in [0.717, 1.165) is 32.2 Å². The van der Waals surface area contributed by atoms with E-state index in [1.807, 2.05) is 0 Å². The van der Waals surface area contributed by atoms with Crippen LogP contribution < -0.4 is 0 Å². The third-order valence-electron chi connectivity index (χ3n) is 7.05. The van der Waals surface area contributed by atoms with E-state index in [0.29, 0.717) is 11.8 Å². The molecule has 3 aromatic rings. The van der Waals surface area contributed by atoms with Crippen molar-refractivity contribution in [2.75, 3.05) is 6.54 Å². The molecule has 3 aliphatic rings. The average Bonchev–Trinajstić information content (AvgIpc) is 2.82. The molecule has 0 amide bonds. The normalized spacial score (nSPS) is 25.6. The van der Waals surface area contributed by atoms with E-state index in [9.17, 15) is 4.79 Å². The van der Waals surface area contributed by atoms with Gasteiger partial charge in [0.2, 0.25) is 0 Å². The van der Waals surface area contributed by atoms with Gasteiger partial charge in [0, 0.05) is 17.9 Å². The Balaban J connectivity index is 1.46. The standard InChI is InChI=1S/C28H29NO/c30-28-24-18-19-29(25(20-24)17-16-21-10-4-1-5-11-21)27(28)26(22-12-6-2-7-13-22)23-14-8-3-9-15-23/h1-15,24-27H,16-20H2/t24?,25-,27?/m1/s1. The van der Waals surface area contributed by atoms with Crippen LogP contribution in [0.1, 0.15) is 41.9 Å². The van der Waals surface area contributed by atoms with Crippen LogP contribution in [0.5, 0.6) is 0 Å². The van der Waals surface area contributed by atoms with E-state index in [1.54, 1.807) is 0 Å². The molecule has 30 heavy (non-hydrogen) atoms. The predicted octanol–water partition coefficient (Wildman–Crippen LogP) is 5.48. The zero-order valence-corrected chi connectivity index (χ0v) is 17.4. The Kier molecular flexibility index (Phi) is 5.50. The van der Waals surface area contributed by atoms with Gasteiger partial charge in [0.25, 0.3) is 0 Å². The van der Waals surface area contributed by atoms with E-state index in [1.165, 1.54) is 16.7 Å². The van der Waals surface area contributed by atoms with Gasteiger partial charge in [0.05, 0.1) is 6.04 Å². The van der Waals surface area contributed by atoms with E-state index < -0.39 is 0 Å². The molecule has 3 fully saturated rings. The summed E-state index contributed by atoms with van der Waals surface area (Å²) >= 11 is 0. The molecule has 0 radical (unpaired) electrons.